The monoisotopic (exact) mass is 593 g/mol. The molecule has 0 aromatic heterocycles. The molecule has 0 amide bonds. The van der Waals surface area contributed by atoms with E-state index in [1.807, 2.05) is 30.3 Å². The molecule has 4 aromatic rings. The number of carbonyl (C=O) groups excluding carboxylic acids is 1. The van der Waals surface area contributed by atoms with Crippen LogP contribution < -0.4 is 0 Å². The van der Waals surface area contributed by atoms with E-state index in [-0.39, 0.29) is 12.0 Å². The summed E-state index contributed by atoms with van der Waals surface area (Å²) < 4.78 is 7.91. The molecule has 45 heavy (non-hydrogen) atoms. The fourth-order valence-electron chi connectivity index (χ4n) is 8.98. The number of ketones is 1. The maximum atomic E-state index is 15.1. The number of benzene rings is 4. The largest absolute Gasteiger partial charge is 0.342 e. The van der Waals surface area contributed by atoms with Crippen LogP contribution in [0.15, 0.2) is 109 Å². The summed E-state index contributed by atoms with van der Waals surface area (Å²) in [6, 6.07) is 38.9. The molecule has 1 aliphatic heterocycles. The normalized spacial score (nSPS) is 25.1. The van der Waals surface area contributed by atoms with Crippen molar-refractivity contribution in [3.05, 3.63) is 143 Å². The van der Waals surface area contributed by atoms with Crippen LogP contribution >= 0.6 is 0 Å². The van der Waals surface area contributed by atoms with E-state index in [4.69, 9.17) is 4.74 Å². The lowest BCUT2D eigenvalue weighted by molar-refractivity contribution is -0.179. The van der Waals surface area contributed by atoms with Crippen LogP contribution in [0.25, 0.3) is 11.6 Å². The first-order chi connectivity index (χ1) is 22.3. The zero-order chi connectivity index (χ0) is 30.2. The zero-order valence-electron chi connectivity index (χ0n) is 26.1. The first-order valence-corrected chi connectivity index (χ1v) is 17.3. The molecule has 8 rings (SSSR count). The van der Waals surface area contributed by atoms with Gasteiger partial charge in [0.2, 0.25) is 0 Å². The number of fused-ring (bicyclic) bond motifs is 4. The highest BCUT2D eigenvalue weighted by Gasteiger charge is 2.57. The highest BCUT2D eigenvalue weighted by molar-refractivity contribution is 6.07. The summed E-state index contributed by atoms with van der Waals surface area (Å²) in [6.45, 7) is 0. The number of ether oxygens (including phenoxy) is 1. The first kappa shape index (κ1) is 28.7. The SMILES string of the molecule is O=C(c1ccccc1)[C@@H]1c2ccccc2C=C2c3ccccc3[C@H](N(C3CCCCC3)C3CCCCC3)O[C@@]21c1ccccc1. The van der Waals surface area contributed by atoms with Crippen LogP contribution in [0.1, 0.15) is 115 Å². The molecule has 2 saturated carbocycles. The number of carbonyl (C=O) groups is 1. The fraction of sp³-hybridized carbons (Fsp3) is 0.357. The maximum Gasteiger partial charge on any atom is 0.173 e. The van der Waals surface area contributed by atoms with Gasteiger partial charge in [0, 0.05) is 23.2 Å². The van der Waals surface area contributed by atoms with Crippen molar-refractivity contribution >= 4 is 17.4 Å². The smallest absolute Gasteiger partial charge is 0.173 e. The second-order valence-corrected chi connectivity index (χ2v) is 13.5. The standard InChI is InChI=1S/C42H43NO2/c44-40(30-17-5-1-6-18-30)39-35-26-14-13-19-31(35)29-38-36-27-15-16-28-37(36)41(45-42(38,39)32-20-7-2-8-21-32)43(33-22-9-3-10-23-33)34-24-11-4-12-25-34/h1-2,5-8,13-21,26-29,33-34,39,41H,3-4,9-12,22-25H2/t39-,41+,42-/m0/s1. The van der Waals surface area contributed by atoms with Crippen molar-refractivity contribution in [3.8, 4) is 0 Å². The number of hydrogen-bond acceptors (Lipinski definition) is 3. The molecule has 1 heterocycles. The van der Waals surface area contributed by atoms with Crippen molar-refractivity contribution in [1.29, 1.82) is 0 Å². The lowest BCUT2D eigenvalue weighted by Crippen LogP contribution is -2.54. The topological polar surface area (TPSA) is 29.5 Å². The van der Waals surface area contributed by atoms with Gasteiger partial charge in [0.1, 0.15) is 11.8 Å². The van der Waals surface area contributed by atoms with Crippen LogP contribution in [0, 0.1) is 0 Å². The maximum absolute atomic E-state index is 15.1. The van der Waals surface area contributed by atoms with E-state index in [0.717, 1.165) is 27.8 Å². The van der Waals surface area contributed by atoms with Gasteiger partial charge in [-0.25, -0.2) is 0 Å². The molecule has 3 heteroatoms. The van der Waals surface area contributed by atoms with E-state index in [2.05, 4.69) is 89.8 Å². The molecule has 0 radical (unpaired) electrons. The van der Waals surface area contributed by atoms with Crippen LogP contribution in [-0.2, 0) is 10.3 Å². The van der Waals surface area contributed by atoms with Gasteiger partial charge >= 0.3 is 0 Å². The van der Waals surface area contributed by atoms with Gasteiger partial charge in [-0.1, -0.05) is 148 Å². The van der Waals surface area contributed by atoms with Gasteiger partial charge in [-0.15, -0.1) is 0 Å². The van der Waals surface area contributed by atoms with Crippen molar-refractivity contribution in [2.24, 2.45) is 0 Å². The average Bonchev–Trinajstić information content (AvgIpc) is 3.12. The van der Waals surface area contributed by atoms with Gasteiger partial charge in [0.25, 0.3) is 0 Å². The summed E-state index contributed by atoms with van der Waals surface area (Å²) in [5.74, 6) is -0.425. The van der Waals surface area contributed by atoms with E-state index >= 15 is 4.79 Å². The molecule has 3 aliphatic carbocycles. The second-order valence-electron chi connectivity index (χ2n) is 13.5. The van der Waals surface area contributed by atoms with Crippen molar-refractivity contribution < 1.29 is 9.53 Å². The molecule has 0 saturated heterocycles. The number of Topliss-reactive ketones (excluding diaryl/α,β-unsaturated/α-hetero) is 1. The molecule has 0 N–H and O–H groups in total. The Morgan fingerprint density at radius 2 is 1.18 bits per heavy atom. The van der Waals surface area contributed by atoms with Crippen molar-refractivity contribution in [2.45, 2.75) is 94.0 Å². The van der Waals surface area contributed by atoms with E-state index in [1.165, 1.54) is 75.3 Å². The van der Waals surface area contributed by atoms with Gasteiger partial charge in [0.15, 0.2) is 5.78 Å². The Labute approximate surface area is 267 Å². The van der Waals surface area contributed by atoms with Crippen molar-refractivity contribution in [1.82, 2.24) is 4.90 Å². The molecular weight excluding hydrogens is 550 g/mol. The molecule has 4 aromatic carbocycles. The lowest BCUT2D eigenvalue weighted by atomic mass is 9.62. The van der Waals surface area contributed by atoms with Gasteiger partial charge in [0.05, 0.1) is 5.92 Å². The minimum absolute atomic E-state index is 0.109. The molecule has 2 fully saturated rings. The summed E-state index contributed by atoms with van der Waals surface area (Å²) in [5.41, 5.74) is 6.49. The fourth-order valence-corrected chi connectivity index (χ4v) is 8.98. The van der Waals surface area contributed by atoms with Crippen molar-refractivity contribution in [3.63, 3.8) is 0 Å². The molecule has 0 unspecified atom stereocenters. The minimum atomic E-state index is -0.983. The third-order valence-corrected chi connectivity index (χ3v) is 11.0. The quantitative estimate of drug-likeness (QED) is 0.208. The molecule has 0 bridgehead atoms. The zero-order valence-corrected chi connectivity index (χ0v) is 26.1. The highest BCUT2D eigenvalue weighted by Crippen LogP contribution is 2.61. The third-order valence-electron chi connectivity index (χ3n) is 11.0. The Bertz CT molecular complexity index is 1660. The van der Waals surface area contributed by atoms with Gasteiger partial charge in [-0.05, 0) is 59.6 Å². The van der Waals surface area contributed by atoms with Crippen LogP contribution in [0.2, 0.25) is 0 Å². The third kappa shape index (κ3) is 4.92. The molecule has 228 valence electrons. The predicted octanol–water partition coefficient (Wildman–Crippen LogP) is 10.1. The summed E-state index contributed by atoms with van der Waals surface area (Å²) in [5, 5.41) is 0. The molecule has 3 atom stereocenters. The molecule has 4 aliphatic rings. The van der Waals surface area contributed by atoms with Gasteiger partial charge in [-0.3, -0.25) is 9.69 Å². The lowest BCUT2D eigenvalue weighted by Gasteiger charge is -2.55. The van der Waals surface area contributed by atoms with Crippen LogP contribution in [0.4, 0.5) is 0 Å². The van der Waals surface area contributed by atoms with Crippen LogP contribution in [-0.4, -0.2) is 22.8 Å². The Kier molecular flexibility index (Phi) is 7.77. The Morgan fingerprint density at radius 1 is 0.622 bits per heavy atom. The van der Waals surface area contributed by atoms with Crippen LogP contribution in [0.3, 0.4) is 0 Å². The number of hydrogen-bond donors (Lipinski definition) is 0. The van der Waals surface area contributed by atoms with E-state index in [1.54, 1.807) is 0 Å². The summed E-state index contributed by atoms with van der Waals surface area (Å²) in [4.78, 5) is 17.9. The van der Waals surface area contributed by atoms with Gasteiger partial charge in [-0.2, -0.15) is 0 Å². The van der Waals surface area contributed by atoms with Crippen molar-refractivity contribution in [2.75, 3.05) is 0 Å². The highest BCUT2D eigenvalue weighted by atomic mass is 16.5. The Morgan fingerprint density at radius 3 is 1.84 bits per heavy atom. The molecular formula is C42H43NO2. The number of rotatable bonds is 6. The van der Waals surface area contributed by atoms with Crippen LogP contribution in [0.5, 0.6) is 0 Å². The summed E-state index contributed by atoms with van der Waals surface area (Å²) in [6.07, 6.45) is 14.7. The van der Waals surface area contributed by atoms with Gasteiger partial charge < -0.3 is 4.74 Å². The summed E-state index contributed by atoms with van der Waals surface area (Å²) in [7, 11) is 0. The Balaban J connectivity index is 1.40. The first-order valence-electron chi connectivity index (χ1n) is 17.3. The van der Waals surface area contributed by atoms with E-state index in [0.29, 0.717) is 12.1 Å². The Hall–Kier alpha value is -3.79. The minimum Gasteiger partial charge on any atom is -0.342 e. The predicted molar refractivity (Wildman–Crippen MR) is 182 cm³/mol. The molecule has 0 spiro atoms. The van der Waals surface area contributed by atoms with E-state index < -0.39 is 11.5 Å². The van der Waals surface area contributed by atoms with E-state index in [9.17, 15) is 0 Å². The second kappa shape index (κ2) is 12.2. The average molecular weight is 594 g/mol. The number of nitrogens with zero attached hydrogens (tertiary/aromatic N) is 1. The summed E-state index contributed by atoms with van der Waals surface area (Å²) >= 11 is 0. The molecule has 3 nitrogen and oxygen atoms in total.